The van der Waals surface area contributed by atoms with Crippen LogP contribution in [-0.4, -0.2) is 124 Å². The van der Waals surface area contributed by atoms with Crippen molar-refractivity contribution in [2.75, 3.05) is 6.54 Å². The summed E-state index contributed by atoms with van der Waals surface area (Å²) in [7, 11) is 0. The number of carbonyl (C=O) groups is 12. The van der Waals surface area contributed by atoms with Crippen LogP contribution in [0, 0.1) is 0 Å². The molecule has 0 spiro atoms. The van der Waals surface area contributed by atoms with Crippen molar-refractivity contribution < 1.29 is 67.7 Å². The molecule has 26 nitrogen and oxygen atoms in total. The first-order valence-corrected chi connectivity index (χ1v) is 19.0. The van der Waals surface area contributed by atoms with Crippen LogP contribution in [-0.2, 0) is 64.0 Å². The molecule has 0 heterocycles. The van der Waals surface area contributed by atoms with Gasteiger partial charge < -0.3 is 76.5 Å². The van der Waals surface area contributed by atoms with Gasteiger partial charge in [-0.3, -0.25) is 52.7 Å². The van der Waals surface area contributed by atoms with Gasteiger partial charge in [0.15, 0.2) is 0 Å². The van der Waals surface area contributed by atoms with Gasteiger partial charge in [-0.2, -0.15) is 0 Å². The zero-order valence-corrected chi connectivity index (χ0v) is 33.5. The number of hydrogen-bond acceptors (Lipinski definition) is 14. The third kappa shape index (κ3) is 21.0. The molecule has 0 saturated heterocycles. The fourth-order valence-electron chi connectivity index (χ4n) is 5.46. The average Bonchev–Trinajstić information content (AvgIpc) is 3.19. The molecule has 1 rings (SSSR count). The first kappa shape index (κ1) is 52.6. The molecule has 0 aromatic heterocycles. The van der Waals surface area contributed by atoms with Gasteiger partial charge in [0.2, 0.25) is 65.0 Å². The van der Waals surface area contributed by atoms with E-state index in [2.05, 4.69) is 31.9 Å². The normalized spacial score (nSPS) is 13.6. The maximum Gasteiger partial charge on any atom is 0.326 e. The van der Waals surface area contributed by atoms with Crippen molar-refractivity contribution in [3.8, 4) is 5.75 Å². The number of aliphatic carboxylic acids is 1. The Morgan fingerprint density at radius 3 is 0.935 bits per heavy atom. The van der Waals surface area contributed by atoms with E-state index in [1.54, 1.807) is 0 Å². The summed E-state index contributed by atoms with van der Waals surface area (Å²) in [4.78, 5) is 150. The first-order valence-electron chi connectivity index (χ1n) is 19.0. The molecule has 11 amide bonds. The van der Waals surface area contributed by atoms with Gasteiger partial charge in [0.1, 0.15) is 42.0 Å². The Kier molecular flexibility index (Phi) is 22.6. The van der Waals surface area contributed by atoms with Gasteiger partial charge in [-0.05, 0) is 49.8 Å². The van der Waals surface area contributed by atoms with Crippen LogP contribution in [0.5, 0.6) is 5.75 Å². The van der Waals surface area contributed by atoms with Crippen molar-refractivity contribution in [1.82, 2.24) is 31.9 Å². The molecule has 0 fully saturated rings. The van der Waals surface area contributed by atoms with E-state index in [1.807, 2.05) is 0 Å². The number of aromatic hydroxyl groups is 1. The average molecular weight is 879 g/mol. The molecule has 0 bridgehead atoms. The smallest absolute Gasteiger partial charge is 0.326 e. The quantitative estimate of drug-likeness (QED) is 0.0342. The highest BCUT2D eigenvalue weighted by Crippen LogP contribution is 2.13. The Balaban J connectivity index is 3.45. The topological polar surface area (TPSA) is 474 Å². The lowest BCUT2D eigenvalue weighted by molar-refractivity contribution is -0.142. The molecule has 0 aliphatic rings. The monoisotopic (exact) mass is 878 g/mol. The summed E-state index contributed by atoms with van der Waals surface area (Å²) in [5.41, 5.74) is 31.9. The minimum absolute atomic E-state index is 0.105. The van der Waals surface area contributed by atoms with Gasteiger partial charge in [0, 0.05) is 38.5 Å². The number of phenolic OH excluding ortho intramolecular Hbond substituents is 1. The number of primary amides is 5. The number of hydrogen-bond donors (Lipinski definition) is 14. The number of carboxylic acid groups (broad SMARTS) is 1. The number of carbonyl (C=O) groups excluding carboxylic acids is 11. The predicted octanol–water partition coefficient (Wildman–Crippen LogP) is -6.79. The van der Waals surface area contributed by atoms with Crippen LogP contribution in [0.1, 0.15) is 69.8 Å². The molecule has 0 aliphatic carbocycles. The van der Waals surface area contributed by atoms with Gasteiger partial charge in [0.05, 0.1) is 6.54 Å². The number of phenols is 1. The highest BCUT2D eigenvalue weighted by Gasteiger charge is 2.34. The van der Waals surface area contributed by atoms with Crippen molar-refractivity contribution >= 4 is 70.9 Å². The van der Waals surface area contributed by atoms with Crippen LogP contribution in [0.15, 0.2) is 24.3 Å². The Hall–Kier alpha value is -7.38. The van der Waals surface area contributed by atoms with Gasteiger partial charge >= 0.3 is 5.97 Å². The van der Waals surface area contributed by atoms with Crippen molar-refractivity contribution in [2.24, 2.45) is 34.4 Å². The highest BCUT2D eigenvalue weighted by atomic mass is 16.4. The summed E-state index contributed by atoms with van der Waals surface area (Å²) in [6.45, 7) is -0.560. The number of nitrogens with one attached hydrogen (secondary N) is 6. The Labute approximate surface area is 353 Å². The van der Waals surface area contributed by atoms with E-state index < -0.39 is 165 Å². The van der Waals surface area contributed by atoms with Crippen LogP contribution in [0.4, 0.5) is 0 Å². The van der Waals surface area contributed by atoms with Crippen molar-refractivity contribution in [1.29, 1.82) is 0 Å². The fraction of sp³-hybridized carbons (Fsp3) is 0.500. The van der Waals surface area contributed by atoms with E-state index in [0.29, 0.717) is 5.56 Å². The van der Waals surface area contributed by atoms with E-state index in [9.17, 15) is 67.7 Å². The van der Waals surface area contributed by atoms with Crippen molar-refractivity contribution in [2.45, 2.75) is 107 Å². The van der Waals surface area contributed by atoms with Crippen LogP contribution < -0.4 is 66.3 Å². The summed E-state index contributed by atoms with van der Waals surface area (Å²) in [5.74, 6) is -12.6. The summed E-state index contributed by atoms with van der Waals surface area (Å²) in [5, 5.41) is 33.0. The molecule has 0 aliphatic heterocycles. The molecule has 0 radical (unpaired) electrons. The number of rotatable bonds is 30. The predicted molar refractivity (Wildman–Crippen MR) is 212 cm³/mol. The second-order valence-corrected chi connectivity index (χ2v) is 13.9. The van der Waals surface area contributed by atoms with E-state index >= 15 is 0 Å². The molecule has 26 heteroatoms. The molecule has 0 unspecified atom stereocenters. The standard InChI is InChI=1S/C36H54N12O14/c37-16-30(55)43-19(5-10-25(38)50)31(56)44-20(6-11-26(39)51)32(57)45-21(7-12-27(40)52)33(58)46-22(8-13-28(41)53)34(59)47-23(9-14-29(42)54)35(60)48-24(36(61)62)15-17-1-3-18(49)4-2-17/h1-4,19-24,49H,5-16,37H2,(H2,38,50)(H2,39,51)(H2,40,52)(H2,41,53)(H2,42,54)(H,43,55)(H,44,56)(H,45,57)(H,46,58)(H,47,59)(H,48,60)(H,61,62)/t19-,20-,21-,22-,23-,24-/m0/s1. The summed E-state index contributed by atoms with van der Waals surface area (Å²) in [6.07, 6.45) is -5.06. The highest BCUT2D eigenvalue weighted by molar-refractivity contribution is 5.97. The molecule has 0 saturated carbocycles. The van der Waals surface area contributed by atoms with Gasteiger partial charge in [0.25, 0.3) is 0 Å². The maximum absolute atomic E-state index is 13.8. The van der Waals surface area contributed by atoms with Crippen LogP contribution >= 0.6 is 0 Å². The largest absolute Gasteiger partial charge is 0.508 e. The van der Waals surface area contributed by atoms with E-state index in [1.165, 1.54) is 24.3 Å². The van der Waals surface area contributed by atoms with Crippen molar-refractivity contribution in [3.05, 3.63) is 29.8 Å². The Morgan fingerprint density at radius 2 is 0.694 bits per heavy atom. The summed E-state index contributed by atoms with van der Waals surface area (Å²) < 4.78 is 0. The minimum Gasteiger partial charge on any atom is -0.508 e. The van der Waals surface area contributed by atoms with Gasteiger partial charge in [-0.1, -0.05) is 12.1 Å². The number of nitrogens with two attached hydrogens (primary N) is 6. The molecule has 1 aromatic rings. The second-order valence-electron chi connectivity index (χ2n) is 13.9. The third-order valence-electron chi connectivity index (χ3n) is 8.76. The number of amides is 11. The Morgan fingerprint density at radius 1 is 0.435 bits per heavy atom. The summed E-state index contributed by atoms with van der Waals surface area (Å²) in [6, 6.07) is -4.44. The van der Waals surface area contributed by atoms with Gasteiger partial charge in [-0.25, -0.2) is 4.79 Å². The van der Waals surface area contributed by atoms with E-state index in [4.69, 9.17) is 34.4 Å². The third-order valence-corrected chi connectivity index (χ3v) is 8.76. The van der Waals surface area contributed by atoms with Crippen LogP contribution in [0.2, 0.25) is 0 Å². The zero-order valence-electron chi connectivity index (χ0n) is 33.5. The lowest BCUT2D eigenvalue weighted by Crippen LogP contribution is -2.60. The molecular weight excluding hydrogens is 824 g/mol. The van der Waals surface area contributed by atoms with E-state index in [0.717, 1.165) is 0 Å². The maximum atomic E-state index is 13.8. The molecule has 62 heavy (non-hydrogen) atoms. The van der Waals surface area contributed by atoms with Gasteiger partial charge in [-0.15, -0.1) is 0 Å². The fourth-order valence-corrected chi connectivity index (χ4v) is 5.46. The zero-order chi connectivity index (χ0) is 47.1. The molecule has 20 N–H and O–H groups in total. The molecular formula is C36H54N12O14. The number of carboxylic acids is 1. The summed E-state index contributed by atoms with van der Waals surface area (Å²) >= 11 is 0. The van der Waals surface area contributed by atoms with Crippen LogP contribution in [0.25, 0.3) is 0 Å². The van der Waals surface area contributed by atoms with E-state index in [-0.39, 0.29) is 25.0 Å². The molecule has 6 atom stereocenters. The molecule has 342 valence electrons. The van der Waals surface area contributed by atoms with Crippen LogP contribution in [0.3, 0.4) is 0 Å². The number of benzene rings is 1. The van der Waals surface area contributed by atoms with Crippen molar-refractivity contribution in [3.63, 3.8) is 0 Å². The minimum atomic E-state index is -1.74. The second kappa shape index (κ2) is 26.7. The Bertz CT molecular complexity index is 1830. The lowest BCUT2D eigenvalue weighted by atomic mass is 10.0. The lowest BCUT2D eigenvalue weighted by Gasteiger charge is -2.27. The molecule has 1 aromatic carbocycles. The first-order chi connectivity index (χ1) is 29.0. The SMILES string of the molecule is NCC(=O)N[C@@H](CCC(N)=O)C(=O)N[C@@H](CCC(N)=O)C(=O)N[C@@H](CCC(N)=O)C(=O)N[C@@H](CCC(N)=O)C(=O)N[C@@H](CCC(N)=O)C(=O)N[C@@H](Cc1ccc(O)cc1)C(=O)O.